The molecule has 6 saturated heterocycles. The van der Waals surface area contributed by atoms with Crippen molar-refractivity contribution in [2.45, 2.75) is 221 Å². The van der Waals surface area contributed by atoms with Crippen molar-refractivity contribution in [3.63, 3.8) is 0 Å². The van der Waals surface area contributed by atoms with Crippen molar-refractivity contribution in [1.29, 1.82) is 0 Å². The van der Waals surface area contributed by atoms with E-state index in [9.17, 15) is 73.4 Å². The van der Waals surface area contributed by atoms with Gasteiger partial charge in [0.2, 0.25) is 29.5 Å². The molecule has 7 N–H and O–H groups in total. The quantitative estimate of drug-likeness (QED) is 0.0410. The second kappa shape index (κ2) is 106. The van der Waals surface area contributed by atoms with E-state index in [1.54, 1.807) is 28.2 Å². The summed E-state index contributed by atoms with van der Waals surface area (Å²) in [6.45, 7) is 0. The number of aliphatic hydroxyl groups is 1. The minimum atomic E-state index is -1.22. The molecule has 6 heterocycles. The van der Waals surface area contributed by atoms with E-state index >= 15 is 0 Å². The average Bonchev–Trinajstić information content (AvgIpc) is 1.67. The third-order valence-electron chi connectivity index (χ3n) is 20.4. The van der Waals surface area contributed by atoms with Crippen LogP contribution in [0, 0.1) is 76.0 Å². The first-order chi connectivity index (χ1) is 55.0. The number of nitrogens with two attached hydrogens (primary N) is 3. The number of hydrogen-bond acceptors (Lipinski definition) is 10. The van der Waals surface area contributed by atoms with E-state index in [0.29, 0.717) is 69.1 Å². The third kappa shape index (κ3) is 68.5. The van der Waals surface area contributed by atoms with Crippen LogP contribution < -0.4 is 68.6 Å². The van der Waals surface area contributed by atoms with Gasteiger partial charge in [-0.25, -0.2) is 39.5 Å². The van der Waals surface area contributed by atoms with E-state index < -0.39 is 70.5 Å². The molecule has 6 bridgehead atoms. The van der Waals surface area contributed by atoms with Crippen LogP contribution in [0.15, 0.2) is 36.4 Å². The third-order valence-corrected chi connectivity index (χ3v) is 20.4. The van der Waals surface area contributed by atoms with E-state index in [0.717, 1.165) is 82.4 Å². The fourth-order valence-electron chi connectivity index (χ4n) is 15.4. The topological polar surface area (TPSA) is 217 Å². The van der Waals surface area contributed by atoms with Crippen LogP contribution in [0.3, 0.4) is 0 Å². The van der Waals surface area contributed by atoms with Gasteiger partial charge in [0.05, 0.1) is 6.10 Å². The van der Waals surface area contributed by atoms with Gasteiger partial charge in [-0.15, -0.1) is 0 Å². The molecule has 1 aliphatic carbocycles. The number of Topliss-reactive ketones (excluding diaryl/α,β-unsaturated/α-hetero) is 1. The molecule has 0 radical (unpaired) electrons. The van der Waals surface area contributed by atoms with Crippen molar-refractivity contribution in [2.24, 2.45) is 40.9 Å². The molecule has 3 aromatic rings. The zero-order valence-electron chi connectivity index (χ0n) is 78.5. The molecule has 7 aliphatic rings. The van der Waals surface area contributed by atoms with Crippen LogP contribution in [-0.2, 0) is 48.0 Å². The second-order valence-corrected chi connectivity index (χ2v) is 27.1. The molecule has 49 heteroatoms. The Bertz CT molecular complexity index is 3150. The Morgan fingerprint density at radius 3 is 0.845 bits per heavy atom. The molecule has 5 amide bonds. The number of amides is 5. The molecule has 3 unspecified atom stereocenters. The normalized spacial score (nSPS) is 21.7. The summed E-state index contributed by atoms with van der Waals surface area (Å²) in [5.74, 6) is -9.10. The first-order valence-corrected chi connectivity index (χ1v) is 236. The summed E-state index contributed by atoms with van der Waals surface area (Å²) in [6, 6.07) is 3.36. The monoisotopic (exact) mass is 2260 g/mol. The maximum atomic E-state index is 14.1. The summed E-state index contributed by atoms with van der Waals surface area (Å²) in [5.41, 5.74) is 19.2. The predicted molar refractivity (Wildman–Crippen MR) is 460 cm³/mol. The summed E-state index contributed by atoms with van der Waals surface area (Å²) in [4.78, 5) is 82.8. The van der Waals surface area contributed by atoms with Gasteiger partial charge in [0.15, 0.2) is 34.9 Å². The van der Waals surface area contributed by atoms with Gasteiger partial charge in [0, 0.05) is 133 Å². The molecule has 1 saturated carbocycles. The average molecular weight is 2270 g/mol. The Morgan fingerprint density at radius 1 is 0.362 bits per heavy atom. The molecule has 6 aliphatic heterocycles. The van der Waals surface area contributed by atoms with E-state index in [4.69, 9.17) is 17.2 Å². The molecule has 528 valence electrons. The zero-order valence-corrected chi connectivity index (χ0v) is 156. The number of ketones is 1. The molecule has 0 aromatic heterocycles. The fraction of sp³-hybridized carbons (Fsp3) is 0.642. The number of carbonyl (C=O) groups is 6. The van der Waals surface area contributed by atoms with Crippen LogP contribution in [0.4, 0.5) is 39.5 Å². The number of halogens is 9. The van der Waals surface area contributed by atoms with E-state index in [-0.39, 0.29) is 216 Å². The van der Waals surface area contributed by atoms with Crippen molar-refractivity contribution in [2.75, 3.05) is 28.2 Å². The van der Waals surface area contributed by atoms with Gasteiger partial charge in [0.1, 0.15) is 29.7 Å². The van der Waals surface area contributed by atoms with Crippen molar-refractivity contribution >= 4 is 793 Å². The van der Waals surface area contributed by atoms with Gasteiger partial charge < -0.3 is 48.2 Å². The number of rotatable bonds is 19. The minimum absolute atomic E-state index is 0. The Labute approximate surface area is 1280 Å². The molecule has 15 nitrogen and oxygen atoms in total. The van der Waals surface area contributed by atoms with Crippen LogP contribution >= 0.6 is 0 Å². The molecule has 3 aromatic carbocycles. The molecule has 12 atom stereocenters. The summed E-state index contributed by atoms with van der Waals surface area (Å²) in [6.07, 6.45) is 14.0. The Hall–Kier alpha value is 34.8. The molecule has 0 spiro atoms. The SMILES string of the molecule is CN(C)C(=O)CC(=O)N1[C@@H]2CC[C@H]1CC([C@H](N)Cc1cc(F)c(F)cc1F)C2.CN(C)C(=O)CCC(=O)N1[C@@H]2CC[C@H]1CC([C@H](N)Cc1cc(F)c(F)cc1F)C2.N[C@H](Cc1cc(F)c(F)cc1F)C1C[C@H]2CC[C@@H](C1)N2C(=O)CCC(=O)CC1CCC(O)CC1.[H-].[K+].[K][K].[K][K].[K][K].[K][K].[K][K].[K][K].[K][K].[K][K].[K][K].[K][K].[K][K].[K][K]. The van der Waals surface area contributed by atoms with Crippen molar-refractivity contribution < 1.29 is 126 Å². The van der Waals surface area contributed by atoms with Crippen LogP contribution in [-0.4, -0.2) is 911 Å². The summed E-state index contributed by atoms with van der Waals surface area (Å²) >= 11 is 30.0. The van der Waals surface area contributed by atoms with E-state index in [1.807, 2.05) is 14.7 Å². The van der Waals surface area contributed by atoms with Gasteiger partial charge in [-0.2, -0.15) is 0 Å². The molecular formula is C67H90F9K25N8O7. The zero-order chi connectivity index (χ0) is 90.3. The number of benzene rings is 3. The Kier molecular flexibility index (Phi) is 148. The maximum absolute atomic E-state index is 14.1. The van der Waals surface area contributed by atoms with Gasteiger partial charge in [-0.05, 0) is 181 Å². The number of aliphatic hydroxyl groups excluding tert-OH is 1. The Balaban J connectivity index is -0.000000273. The number of hydrogen-bond donors (Lipinski definition) is 4. The summed E-state index contributed by atoms with van der Waals surface area (Å²) in [5, 5.41) is 9.61. The number of nitrogens with zero attached hydrogens (tertiary/aromatic N) is 5. The van der Waals surface area contributed by atoms with Crippen LogP contribution in [0.2, 0.25) is 0 Å². The van der Waals surface area contributed by atoms with Gasteiger partial charge in [0.25, 0.3) is 0 Å². The first-order valence-electron chi connectivity index (χ1n) is 44.3. The fourth-order valence-corrected chi connectivity index (χ4v) is 15.4. The van der Waals surface area contributed by atoms with E-state index in [2.05, 4.69) is 0 Å². The van der Waals surface area contributed by atoms with Gasteiger partial charge >= 0.3 is 809 Å². The van der Waals surface area contributed by atoms with Crippen molar-refractivity contribution in [3.8, 4) is 0 Å². The summed E-state index contributed by atoms with van der Waals surface area (Å²) < 4.78 is 122. The number of carbonyl (C=O) groups excluding carboxylic acids is 6. The summed E-state index contributed by atoms with van der Waals surface area (Å²) in [7, 11) is 6.57. The molecule has 116 heavy (non-hydrogen) atoms. The number of fused-ring (bicyclic) bond motifs is 6. The number of piperidine rings is 3. The van der Waals surface area contributed by atoms with Crippen molar-refractivity contribution in [3.05, 3.63) is 105 Å². The van der Waals surface area contributed by atoms with Gasteiger partial charge in [-0.3, -0.25) is 28.8 Å². The molecule has 10 rings (SSSR count). The predicted octanol–water partition coefficient (Wildman–Crippen LogP) is -3.16. The van der Waals surface area contributed by atoms with Crippen LogP contribution in [0.5, 0.6) is 0 Å². The van der Waals surface area contributed by atoms with E-state index in [1.165, 1.54) is 768 Å². The second-order valence-electron chi connectivity index (χ2n) is 27.1. The first kappa shape index (κ1) is 161. The standard InChI is InChI=1S/C26H35F3N2O3.C21H28F3N3O2.C20H26F3N3O2.25K.H/c27-22-14-24(29)23(28)12-16(22)13-25(30)17-10-18-3-4-19(11-17)31(18)26(34)8-7-21(33)9-15-1-5-20(32)6-2-15;1-26(2)20(28)5-6-21(29)27-14-3-4-15(27)8-13(7-14)19(25)10-12-9-17(23)18(24)11-16(12)22;1-25(2)19(27)10-20(28)26-13-3-4-14(26)6-12(5-13)18(24)8-11-7-16(22)17(23)9-15(11)21;;;;;;;;;;;;;;;;;;;;;;;;;;/h12,14-15,17-20,25,32H,1-11,13,30H2;9,11,13-15,19H,3-8,10,25H2,1-2H3;7,9,12-14,18H,3-6,8,10,24H2,1-2H3;;;;;;;;;;;;;;;;;;;;;;;;;;/q;;;;;;;;;;;;;;;;;;;;;;;;;;;+1;-1/t15?,17?,18-,19+,20?,25-;13?,14-,15+,19-;12?,13-,14+,18-;;;;;;;;;;;;;;;;;;;;;;;;;;/m111........................../s1. The Morgan fingerprint density at radius 2 is 0.595 bits per heavy atom. The molecule has 7 fully saturated rings. The van der Waals surface area contributed by atoms with Gasteiger partial charge in [-0.1, -0.05) is 0 Å². The van der Waals surface area contributed by atoms with Crippen LogP contribution in [0.1, 0.15) is 159 Å². The van der Waals surface area contributed by atoms with Crippen LogP contribution in [0.25, 0.3) is 0 Å². The van der Waals surface area contributed by atoms with Crippen molar-refractivity contribution in [1.82, 2.24) is 24.5 Å². The molecular weight excluding hydrogens is 2180 g/mol.